The Kier molecular flexibility index (Phi) is 6.13. The van der Waals surface area contributed by atoms with E-state index in [1.165, 1.54) is 19.4 Å². The molecule has 0 aliphatic heterocycles. The number of ether oxygens (including phenoxy) is 2. The van der Waals surface area contributed by atoms with E-state index in [0.29, 0.717) is 35.1 Å². The summed E-state index contributed by atoms with van der Waals surface area (Å²) in [7, 11) is 1.47. The first kappa shape index (κ1) is 19.9. The smallest absolute Gasteiger partial charge is 0.320 e. The number of nitrogen functional groups attached to an aromatic ring is 1. The van der Waals surface area contributed by atoms with Gasteiger partial charge >= 0.3 is 6.03 Å². The largest absolute Gasteiger partial charge is 0.496 e. The van der Waals surface area contributed by atoms with Gasteiger partial charge in [-0.15, -0.1) is 0 Å². The van der Waals surface area contributed by atoms with Crippen molar-refractivity contribution in [1.29, 1.82) is 0 Å². The molecule has 0 aliphatic carbocycles. The second kappa shape index (κ2) is 8.92. The van der Waals surface area contributed by atoms with Crippen LogP contribution in [0.4, 0.5) is 20.7 Å². The van der Waals surface area contributed by atoms with E-state index in [1.807, 2.05) is 6.92 Å². The minimum absolute atomic E-state index is 0.00876. The second-order valence-corrected chi connectivity index (χ2v) is 6.05. The van der Waals surface area contributed by atoms with E-state index in [0.717, 1.165) is 0 Å². The van der Waals surface area contributed by atoms with Crippen LogP contribution in [0.3, 0.4) is 0 Å². The molecular formula is C21H21FN4O3. The highest BCUT2D eigenvalue weighted by atomic mass is 19.1. The Morgan fingerprint density at radius 3 is 2.62 bits per heavy atom. The van der Waals surface area contributed by atoms with Gasteiger partial charge in [-0.2, -0.15) is 0 Å². The van der Waals surface area contributed by atoms with Gasteiger partial charge in [-0.1, -0.05) is 12.1 Å². The van der Waals surface area contributed by atoms with Crippen LogP contribution in [0.1, 0.15) is 6.92 Å². The number of halogens is 1. The van der Waals surface area contributed by atoms with Crippen LogP contribution in [0.25, 0.3) is 11.1 Å². The van der Waals surface area contributed by atoms with Gasteiger partial charge in [0.05, 0.1) is 18.9 Å². The van der Waals surface area contributed by atoms with Crippen LogP contribution < -0.4 is 25.8 Å². The molecule has 0 spiro atoms. The summed E-state index contributed by atoms with van der Waals surface area (Å²) in [6.45, 7) is 2.31. The van der Waals surface area contributed by atoms with Crippen molar-refractivity contribution >= 4 is 17.5 Å². The number of nitrogens with one attached hydrogen (secondary N) is 2. The zero-order chi connectivity index (χ0) is 20.8. The second-order valence-electron chi connectivity index (χ2n) is 6.05. The molecule has 0 unspecified atom stereocenters. The highest BCUT2D eigenvalue weighted by Gasteiger charge is 2.18. The van der Waals surface area contributed by atoms with Crippen LogP contribution in [0.5, 0.6) is 17.2 Å². The standard InChI is InChI=1S/C21H21FN4O3/c1-3-24-21(27)26-18-10-7-15(12-25-18)29-17-9-8-16(28-2)19(20(17)22)13-5-4-6-14(23)11-13/h4-12H,3,23H2,1-2H3,(H2,24,25,26,27). The molecule has 150 valence electrons. The fourth-order valence-corrected chi connectivity index (χ4v) is 2.71. The quantitative estimate of drug-likeness (QED) is 0.536. The molecule has 8 heteroatoms. The van der Waals surface area contributed by atoms with Crippen molar-refractivity contribution in [2.45, 2.75) is 6.92 Å². The molecule has 0 saturated carbocycles. The molecule has 2 aromatic carbocycles. The van der Waals surface area contributed by atoms with E-state index in [1.54, 1.807) is 42.5 Å². The molecule has 1 aromatic heterocycles. The molecule has 0 bridgehead atoms. The number of methoxy groups -OCH3 is 1. The predicted molar refractivity (Wildman–Crippen MR) is 110 cm³/mol. The molecule has 0 saturated heterocycles. The van der Waals surface area contributed by atoms with E-state index in [4.69, 9.17) is 15.2 Å². The maximum atomic E-state index is 15.2. The van der Waals surface area contributed by atoms with Crippen molar-refractivity contribution < 1.29 is 18.7 Å². The molecule has 1 heterocycles. The van der Waals surface area contributed by atoms with Crippen LogP contribution in [0.2, 0.25) is 0 Å². The van der Waals surface area contributed by atoms with Gasteiger partial charge in [0.2, 0.25) is 0 Å². The number of anilines is 2. The van der Waals surface area contributed by atoms with E-state index >= 15 is 4.39 Å². The summed E-state index contributed by atoms with van der Waals surface area (Å²) in [5.41, 5.74) is 7.16. The molecular weight excluding hydrogens is 375 g/mol. The third-order valence-corrected chi connectivity index (χ3v) is 4.01. The molecule has 29 heavy (non-hydrogen) atoms. The molecule has 0 atom stereocenters. The van der Waals surface area contributed by atoms with Gasteiger partial charge in [-0.05, 0) is 48.9 Å². The number of hydrogen-bond donors (Lipinski definition) is 3. The van der Waals surface area contributed by atoms with Crippen LogP contribution in [0.15, 0.2) is 54.7 Å². The minimum Gasteiger partial charge on any atom is -0.496 e. The molecule has 0 radical (unpaired) electrons. The average molecular weight is 396 g/mol. The lowest BCUT2D eigenvalue weighted by Gasteiger charge is -2.14. The number of rotatable bonds is 6. The highest BCUT2D eigenvalue weighted by Crippen LogP contribution is 2.39. The third kappa shape index (κ3) is 4.73. The maximum Gasteiger partial charge on any atom is 0.320 e. The Balaban J connectivity index is 1.86. The van der Waals surface area contributed by atoms with Crippen LogP contribution >= 0.6 is 0 Å². The Morgan fingerprint density at radius 1 is 1.17 bits per heavy atom. The molecule has 0 fully saturated rings. The Labute approximate surface area is 167 Å². The number of pyridine rings is 1. The summed E-state index contributed by atoms with van der Waals surface area (Å²) < 4.78 is 26.2. The topological polar surface area (TPSA) is 98.5 Å². The Hall–Kier alpha value is -3.81. The number of carbonyl (C=O) groups is 1. The summed E-state index contributed by atoms with van der Waals surface area (Å²) in [6, 6.07) is 12.7. The van der Waals surface area contributed by atoms with Gasteiger partial charge < -0.3 is 20.5 Å². The first-order valence-electron chi connectivity index (χ1n) is 8.93. The number of benzene rings is 2. The average Bonchev–Trinajstić information content (AvgIpc) is 2.71. The Morgan fingerprint density at radius 2 is 1.97 bits per heavy atom. The number of urea groups is 1. The van der Waals surface area contributed by atoms with Crippen LogP contribution in [-0.4, -0.2) is 24.7 Å². The molecule has 3 rings (SSSR count). The SMILES string of the molecule is CCNC(=O)Nc1ccc(Oc2ccc(OC)c(-c3cccc(N)c3)c2F)cn1. The fraction of sp³-hybridized carbons (Fsp3) is 0.143. The van der Waals surface area contributed by atoms with Crippen molar-refractivity contribution in [2.24, 2.45) is 0 Å². The summed E-state index contributed by atoms with van der Waals surface area (Å²) >= 11 is 0. The van der Waals surface area contributed by atoms with Gasteiger partial charge in [-0.25, -0.2) is 14.2 Å². The Bertz CT molecular complexity index is 1010. The first-order valence-corrected chi connectivity index (χ1v) is 8.93. The lowest BCUT2D eigenvalue weighted by atomic mass is 10.0. The molecule has 0 aliphatic rings. The molecule has 7 nitrogen and oxygen atoms in total. The van der Waals surface area contributed by atoms with Gasteiger partial charge in [0.25, 0.3) is 0 Å². The van der Waals surface area contributed by atoms with E-state index in [2.05, 4.69) is 15.6 Å². The number of hydrogen-bond acceptors (Lipinski definition) is 5. The molecule has 3 aromatic rings. The highest BCUT2D eigenvalue weighted by molar-refractivity contribution is 5.88. The minimum atomic E-state index is -0.584. The monoisotopic (exact) mass is 396 g/mol. The van der Waals surface area contributed by atoms with Crippen molar-refractivity contribution in [3.63, 3.8) is 0 Å². The number of amides is 2. The van der Waals surface area contributed by atoms with Crippen molar-refractivity contribution in [3.8, 4) is 28.4 Å². The van der Waals surface area contributed by atoms with Crippen LogP contribution in [-0.2, 0) is 0 Å². The molecule has 4 N–H and O–H groups in total. The number of carbonyl (C=O) groups excluding carboxylic acids is 1. The predicted octanol–water partition coefficient (Wildman–Crippen LogP) is 4.41. The van der Waals surface area contributed by atoms with Gasteiger partial charge in [0.15, 0.2) is 11.6 Å². The zero-order valence-electron chi connectivity index (χ0n) is 16.0. The summed E-state index contributed by atoms with van der Waals surface area (Å²) in [5, 5.41) is 5.18. The number of nitrogens with zero attached hydrogens (tertiary/aromatic N) is 1. The third-order valence-electron chi connectivity index (χ3n) is 4.01. The lowest BCUT2D eigenvalue weighted by Crippen LogP contribution is -2.28. The first-order chi connectivity index (χ1) is 14.0. The van der Waals surface area contributed by atoms with E-state index in [9.17, 15) is 4.79 Å². The van der Waals surface area contributed by atoms with E-state index < -0.39 is 5.82 Å². The zero-order valence-corrected chi connectivity index (χ0v) is 16.0. The maximum absolute atomic E-state index is 15.2. The van der Waals surface area contributed by atoms with Gasteiger partial charge in [0.1, 0.15) is 17.3 Å². The lowest BCUT2D eigenvalue weighted by molar-refractivity contribution is 0.252. The van der Waals surface area contributed by atoms with Crippen molar-refractivity contribution in [1.82, 2.24) is 10.3 Å². The number of nitrogens with two attached hydrogens (primary N) is 1. The van der Waals surface area contributed by atoms with Crippen LogP contribution in [0, 0.1) is 5.82 Å². The normalized spacial score (nSPS) is 10.3. The molecule has 2 amide bonds. The van der Waals surface area contributed by atoms with Crippen molar-refractivity contribution in [3.05, 3.63) is 60.5 Å². The van der Waals surface area contributed by atoms with Gasteiger partial charge in [0, 0.05) is 12.2 Å². The summed E-state index contributed by atoms with van der Waals surface area (Å²) in [5.74, 6) is 0.446. The summed E-state index contributed by atoms with van der Waals surface area (Å²) in [4.78, 5) is 15.6. The van der Waals surface area contributed by atoms with E-state index in [-0.39, 0.29) is 17.3 Å². The fourth-order valence-electron chi connectivity index (χ4n) is 2.71. The van der Waals surface area contributed by atoms with Crippen molar-refractivity contribution in [2.75, 3.05) is 24.7 Å². The summed E-state index contributed by atoms with van der Waals surface area (Å²) in [6.07, 6.45) is 1.39. The van der Waals surface area contributed by atoms with Gasteiger partial charge in [-0.3, -0.25) is 5.32 Å². The number of aromatic nitrogens is 1.